The number of aryl methyl sites for hydroxylation is 2. The fourth-order valence-corrected chi connectivity index (χ4v) is 3.60. The van der Waals surface area contributed by atoms with Crippen molar-refractivity contribution in [3.05, 3.63) is 71.6 Å². The minimum atomic E-state index is -0.0567. The molecule has 0 spiro atoms. The van der Waals surface area contributed by atoms with Gasteiger partial charge in [-0.25, -0.2) is 14.5 Å². The van der Waals surface area contributed by atoms with Crippen LogP contribution >= 0.6 is 11.8 Å². The Bertz CT molecular complexity index is 962. The molecule has 7 heteroatoms. The molecule has 0 aliphatic carbocycles. The second kappa shape index (κ2) is 6.09. The van der Waals surface area contributed by atoms with Gasteiger partial charge in [0.05, 0.1) is 5.25 Å². The van der Waals surface area contributed by atoms with Crippen LogP contribution in [0.3, 0.4) is 0 Å². The third-order valence-corrected chi connectivity index (χ3v) is 4.84. The molecule has 1 aromatic carbocycles. The molecule has 4 rings (SSSR count). The molecule has 3 aromatic heterocycles. The van der Waals surface area contributed by atoms with Gasteiger partial charge in [0, 0.05) is 23.8 Å². The average Bonchev–Trinajstić information content (AvgIpc) is 3.22. The highest BCUT2D eigenvalue weighted by molar-refractivity contribution is 7.99. The van der Waals surface area contributed by atoms with Crippen LogP contribution in [0.5, 0.6) is 0 Å². The lowest BCUT2D eigenvalue weighted by Gasteiger charge is -2.11. The number of imidazole rings is 1. The van der Waals surface area contributed by atoms with E-state index in [2.05, 4.69) is 32.1 Å². The van der Waals surface area contributed by atoms with Gasteiger partial charge in [0.2, 0.25) is 0 Å². The van der Waals surface area contributed by atoms with Crippen LogP contribution in [-0.4, -0.2) is 29.5 Å². The number of aromatic amines is 1. The van der Waals surface area contributed by atoms with Gasteiger partial charge in [0.25, 0.3) is 5.78 Å². The zero-order valence-corrected chi connectivity index (χ0v) is 14.2. The van der Waals surface area contributed by atoms with Crippen LogP contribution in [0.4, 0.5) is 0 Å². The van der Waals surface area contributed by atoms with E-state index in [1.165, 1.54) is 0 Å². The quantitative estimate of drug-likeness (QED) is 0.579. The van der Waals surface area contributed by atoms with Gasteiger partial charge in [-0.05, 0) is 25.5 Å². The normalized spacial score (nSPS) is 12.6. The maximum absolute atomic E-state index is 4.69. The van der Waals surface area contributed by atoms with Gasteiger partial charge in [-0.3, -0.25) is 0 Å². The van der Waals surface area contributed by atoms with Crippen molar-refractivity contribution in [3.63, 3.8) is 0 Å². The van der Waals surface area contributed by atoms with E-state index >= 15 is 0 Å². The number of H-pyrrole nitrogens is 1. The molecule has 0 aliphatic heterocycles. The Morgan fingerprint density at radius 2 is 1.96 bits per heavy atom. The fraction of sp³-hybridized carbons (Fsp3) is 0.176. The summed E-state index contributed by atoms with van der Waals surface area (Å²) in [5, 5.41) is 5.47. The van der Waals surface area contributed by atoms with Crippen LogP contribution in [0.15, 0.2) is 53.9 Å². The van der Waals surface area contributed by atoms with E-state index in [0.717, 1.165) is 27.9 Å². The number of aromatic nitrogens is 6. The summed E-state index contributed by atoms with van der Waals surface area (Å²) in [5.41, 5.74) is 3.09. The molecule has 0 saturated heterocycles. The molecule has 4 aromatic rings. The largest absolute Gasteiger partial charge is 0.340 e. The van der Waals surface area contributed by atoms with Crippen molar-refractivity contribution >= 4 is 17.5 Å². The lowest BCUT2D eigenvalue weighted by Crippen LogP contribution is -2.01. The van der Waals surface area contributed by atoms with Gasteiger partial charge in [0.1, 0.15) is 0 Å². The van der Waals surface area contributed by atoms with Crippen LogP contribution in [-0.2, 0) is 0 Å². The number of hydrogen-bond acceptors (Lipinski definition) is 5. The molecule has 0 aliphatic rings. The molecular weight excluding hydrogens is 320 g/mol. The summed E-state index contributed by atoms with van der Waals surface area (Å²) in [6.07, 6.45) is 3.56. The number of nitrogens with one attached hydrogen (secondary N) is 1. The molecule has 1 unspecified atom stereocenters. The first-order chi connectivity index (χ1) is 11.7. The van der Waals surface area contributed by atoms with E-state index in [0.29, 0.717) is 5.78 Å². The SMILES string of the molecule is Cc1cc(C)n2nc(C(Sc3ncc[nH]3)c3ccccc3)nc2n1. The average molecular weight is 336 g/mol. The smallest absolute Gasteiger partial charge is 0.252 e. The lowest BCUT2D eigenvalue weighted by atomic mass is 10.1. The van der Waals surface area contributed by atoms with Crippen molar-refractivity contribution in [2.24, 2.45) is 0 Å². The van der Waals surface area contributed by atoms with Gasteiger partial charge < -0.3 is 4.98 Å². The highest BCUT2D eigenvalue weighted by Gasteiger charge is 2.22. The van der Waals surface area contributed by atoms with Crippen LogP contribution in [0.25, 0.3) is 5.78 Å². The van der Waals surface area contributed by atoms with Crippen LogP contribution < -0.4 is 0 Å². The zero-order valence-electron chi connectivity index (χ0n) is 13.3. The second-order valence-electron chi connectivity index (χ2n) is 5.52. The minimum absolute atomic E-state index is 0.0567. The second-order valence-corrected chi connectivity index (χ2v) is 6.62. The first-order valence-corrected chi connectivity index (χ1v) is 8.50. The molecule has 0 amide bonds. The Balaban J connectivity index is 1.82. The fourth-order valence-electron chi connectivity index (χ4n) is 2.62. The molecule has 1 N–H and O–H groups in total. The molecule has 0 radical (unpaired) electrons. The summed E-state index contributed by atoms with van der Waals surface area (Å²) in [4.78, 5) is 16.6. The number of benzene rings is 1. The van der Waals surface area contributed by atoms with Crippen LogP contribution in [0.1, 0.15) is 28.0 Å². The first-order valence-electron chi connectivity index (χ1n) is 7.62. The maximum Gasteiger partial charge on any atom is 0.252 e. The molecular formula is C17H16N6S. The van der Waals surface area contributed by atoms with E-state index in [-0.39, 0.29) is 5.25 Å². The Morgan fingerprint density at radius 1 is 1.12 bits per heavy atom. The summed E-state index contributed by atoms with van der Waals surface area (Å²) in [6, 6.07) is 12.2. The van der Waals surface area contributed by atoms with E-state index in [1.54, 1.807) is 22.5 Å². The maximum atomic E-state index is 4.69. The Hall–Kier alpha value is -2.67. The molecule has 0 bridgehead atoms. The molecule has 3 heterocycles. The standard InChI is InChI=1S/C17H16N6S/c1-11-10-12(2)23-16(20-11)21-15(22-23)14(13-6-4-3-5-7-13)24-17-18-8-9-19-17/h3-10,14H,1-2H3,(H,18,19). The number of fused-ring (bicyclic) bond motifs is 1. The first kappa shape index (κ1) is 14.9. The number of rotatable bonds is 4. The molecule has 0 fully saturated rings. The van der Waals surface area contributed by atoms with E-state index in [4.69, 9.17) is 5.10 Å². The summed E-state index contributed by atoms with van der Waals surface area (Å²) in [7, 11) is 0. The summed E-state index contributed by atoms with van der Waals surface area (Å²) in [6.45, 7) is 3.98. The molecule has 24 heavy (non-hydrogen) atoms. The minimum Gasteiger partial charge on any atom is -0.340 e. The van der Waals surface area contributed by atoms with Gasteiger partial charge in [-0.15, -0.1) is 5.10 Å². The van der Waals surface area contributed by atoms with Crippen molar-refractivity contribution < 1.29 is 0 Å². The van der Waals surface area contributed by atoms with E-state index in [9.17, 15) is 0 Å². The monoisotopic (exact) mass is 336 g/mol. The summed E-state index contributed by atoms with van der Waals surface area (Å²) < 4.78 is 1.79. The number of hydrogen-bond donors (Lipinski definition) is 1. The Kier molecular flexibility index (Phi) is 3.78. The van der Waals surface area contributed by atoms with Gasteiger partial charge >= 0.3 is 0 Å². The van der Waals surface area contributed by atoms with Crippen LogP contribution in [0, 0.1) is 13.8 Å². The van der Waals surface area contributed by atoms with Crippen molar-refractivity contribution in [2.75, 3.05) is 0 Å². The predicted octanol–water partition coefficient (Wildman–Crippen LogP) is 3.35. The highest BCUT2D eigenvalue weighted by Crippen LogP contribution is 2.37. The van der Waals surface area contributed by atoms with E-state index < -0.39 is 0 Å². The lowest BCUT2D eigenvalue weighted by molar-refractivity contribution is 0.849. The van der Waals surface area contributed by atoms with Crippen molar-refractivity contribution in [1.29, 1.82) is 0 Å². The summed E-state index contributed by atoms with van der Waals surface area (Å²) >= 11 is 1.59. The predicted molar refractivity (Wildman–Crippen MR) is 93.0 cm³/mol. The third kappa shape index (κ3) is 2.78. The van der Waals surface area contributed by atoms with Gasteiger partial charge in [0.15, 0.2) is 11.0 Å². The topological polar surface area (TPSA) is 71.8 Å². The Labute approximate surface area is 143 Å². The van der Waals surface area contributed by atoms with Gasteiger partial charge in [-0.2, -0.15) is 4.98 Å². The van der Waals surface area contributed by atoms with E-state index in [1.807, 2.05) is 44.3 Å². The molecule has 1 atom stereocenters. The molecule has 0 saturated carbocycles. The van der Waals surface area contributed by atoms with Crippen molar-refractivity contribution in [3.8, 4) is 0 Å². The Morgan fingerprint density at radius 3 is 2.71 bits per heavy atom. The highest BCUT2D eigenvalue weighted by atomic mass is 32.2. The molecule has 120 valence electrons. The van der Waals surface area contributed by atoms with Crippen LogP contribution in [0.2, 0.25) is 0 Å². The summed E-state index contributed by atoms with van der Waals surface area (Å²) in [5.74, 6) is 1.35. The molecule has 6 nitrogen and oxygen atoms in total. The number of nitrogens with zero attached hydrogens (tertiary/aromatic N) is 5. The third-order valence-electron chi connectivity index (χ3n) is 3.67. The van der Waals surface area contributed by atoms with Gasteiger partial charge in [-0.1, -0.05) is 42.1 Å². The van der Waals surface area contributed by atoms with Crippen molar-refractivity contribution in [1.82, 2.24) is 29.5 Å². The zero-order chi connectivity index (χ0) is 16.5. The van der Waals surface area contributed by atoms with Crippen molar-refractivity contribution in [2.45, 2.75) is 24.3 Å². The number of thioether (sulfide) groups is 1.